The highest BCUT2D eigenvalue weighted by Crippen LogP contribution is 2.41. The van der Waals surface area contributed by atoms with Crippen LogP contribution < -0.4 is 0 Å². The van der Waals surface area contributed by atoms with Crippen LogP contribution in [0.4, 0.5) is 0 Å². The Bertz CT molecular complexity index is 690. The number of hydrogen-bond acceptors (Lipinski definition) is 3. The van der Waals surface area contributed by atoms with Crippen LogP contribution in [-0.4, -0.2) is 25.8 Å². The Kier molecular flexibility index (Phi) is 3.87. The minimum atomic E-state index is -0.956. The molecule has 3 heteroatoms. The normalized spacial score (nSPS) is 29.1. The molecule has 0 saturated heterocycles. The summed E-state index contributed by atoms with van der Waals surface area (Å²) in [6, 6.07) is 9.63. The summed E-state index contributed by atoms with van der Waals surface area (Å²) in [5, 5.41) is 0. The second-order valence-electron chi connectivity index (χ2n) is 5.44. The van der Waals surface area contributed by atoms with Crippen LogP contribution in [-0.2, 0) is 19.7 Å². The lowest BCUT2D eigenvalue weighted by Crippen LogP contribution is -2.46. The van der Waals surface area contributed by atoms with E-state index in [1.165, 1.54) is 7.11 Å². The zero-order chi connectivity index (χ0) is 15.6. The average Bonchev–Trinajstić information content (AvgIpc) is 2.84. The minimum absolute atomic E-state index is 0.0962. The van der Waals surface area contributed by atoms with E-state index >= 15 is 0 Å². The van der Waals surface area contributed by atoms with Crippen LogP contribution in [0.25, 0.3) is 0 Å². The first-order valence-corrected chi connectivity index (χ1v) is 7.31. The molecule has 1 aliphatic carbocycles. The first-order chi connectivity index (χ1) is 10.7. The molecular weight excluding hydrogens is 276 g/mol. The second-order valence-corrected chi connectivity index (χ2v) is 5.44. The number of esters is 1. The number of hydrogen-bond donors (Lipinski definition) is 0. The van der Waals surface area contributed by atoms with Gasteiger partial charge in [0.1, 0.15) is 11.5 Å². The molecule has 4 rings (SSSR count). The van der Waals surface area contributed by atoms with Crippen molar-refractivity contribution in [3.05, 3.63) is 59.7 Å². The van der Waals surface area contributed by atoms with E-state index in [2.05, 4.69) is 11.8 Å². The van der Waals surface area contributed by atoms with Crippen LogP contribution in [0.5, 0.6) is 0 Å². The third kappa shape index (κ3) is 2.17. The molecule has 3 aliphatic rings. The van der Waals surface area contributed by atoms with Crippen molar-refractivity contribution in [2.75, 3.05) is 13.7 Å². The summed E-state index contributed by atoms with van der Waals surface area (Å²) in [7, 11) is 1.41. The van der Waals surface area contributed by atoms with Gasteiger partial charge in [-0.05, 0) is 18.6 Å². The molecule has 0 radical (unpaired) electrons. The van der Waals surface area contributed by atoms with E-state index < -0.39 is 11.5 Å². The Morgan fingerprint density at radius 3 is 2.82 bits per heavy atom. The fraction of sp³-hybridized carbons (Fsp3) is 0.316. The van der Waals surface area contributed by atoms with Crippen molar-refractivity contribution in [1.29, 1.82) is 0 Å². The van der Waals surface area contributed by atoms with Crippen molar-refractivity contribution in [2.45, 2.75) is 18.4 Å². The number of methoxy groups -OCH3 is 1. The summed E-state index contributed by atoms with van der Waals surface area (Å²) in [4.78, 5) is 12.7. The van der Waals surface area contributed by atoms with Crippen LogP contribution in [0.2, 0.25) is 0 Å². The van der Waals surface area contributed by atoms with Gasteiger partial charge in [0.05, 0.1) is 13.7 Å². The maximum Gasteiger partial charge on any atom is 0.323 e. The molecule has 3 atom stereocenters. The predicted molar refractivity (Wildman–Crippen MR) is 84.0 cm³/mol. The maximum atomic E-state index is 12.7. The molecule has 0 aromatic heterocycles. The minimum Gasteiger partial charge on any atom is -0.468 e. The zero-order valence-electron chi connectivity index (χ0n) is 12.7. The van der Waals surface area contributed by atoms with Gasteiger partial charge in [-0.1, -0.05) is 48.4 Å². The van der Waals surface area contributed by atoms with Gasteiger partial charge in [0.2, 0.25) is 0 Å². The lowest BCUT2D eigenvalue weighted by molar-refractivity contribution is -0.150. The zero-order valence-corrected chi connectivity index (χ0v) is 12.7. The third-order valence-electron chi connectivity index (χ3n) is 4.27. The van der Waals surface area contributed by atoms with Crippen LogP contribution >= 0.6 is 0 Å². The number of carbonyl (C=O) groups is 1. The molecule has 22 heavy (non-hydrogen) atoms. The van der Waals surface area contributed by atoms with Crippen LogP contribution in [0, 0.1) is 17.8 Å². The number of benzene rings is 1. The monoisotopic (exact) mass is 294 g/mol. The Labute approximate surface area is 130 Å². The van der Waals surface area contributed by atoms with Gasteiger partial charge in [-0.3, -0.25) is 4.79 Å². The van der Waals surface area contributed by atoms with Gasteiger partial charge < -0.3 is 9.47 Å². The molecule has 3 nitrogen and oxygen atoms in total. The summed E-state index contributed by atoms with van der Waals surface area (Å²) < 4.78 is 11.1. The summed E-state index contributed by atoms with van der Waals surface area (Å²) in [5.74, 6) is 5.85. The highest BCUT2D eigenvalue weighted by atomic mass is 16.5. The van der Waals surface area contributed by atoms with Gasteiger partial charge in [-0.2, -0.15) is 0 Å². The van der Waals surface area contributed by atoms with Crippen molar-refractivity contribution in [3.63, 3.8) is 0 Å². The molecule has 2 aliphatic heterocycles. The standard InChI is InChI=1S/C19H18O3/c1-3-7-14-12-17-19(18(20)21-2,11-10-15(14)13-22-17)16-8-5-4-6-9-16/h4-6,8-12,15,17H,13H2,1-2H3/t15?,17?,19-/m0/s1. The van der Waals surface area contributed by atoms with Gasteiger partial charge in [0.15, 0.2) is 0 Å². The van der Waals surface area contributed by atoms with E-state index in [0.29, 0.717) is 6.61 Å². The quantitative estimate of drug-likeness (QED) is 0.478. The molecule has 0 spiro atoms. The fourth-order valence-electron chi connectivity index (χ4n) is 3.14. The molecule has 1 aromatic carbocycles. The molecule has 0 amide bonds. The molecule has 1 aromatic rings. The van der Waals surface area contributed by atoms with E-state index in [1.54, 1.807) is 0 Å². The SMILES string of the molecule is CC#CC1=CC2OCC1C=C[C@]2(C(=O)OC)c1ccccc1. The third-order valence-corrected chi connectivity index (χ3v) is 4.27. The van der Waals surface area contributed by atoms with Gasteiger partial charge >= 0.3 is 5.97 Å². The summed E-state index contributed by atoms with van der Waals surface area (Å²) >= 11 is 0. The van der Waals surface area contributed by atoms with Crippen LogP contribution in [0.1, 0.15) is 12.5 Å². The maximum absolute atomic E-state index is 12.7. The molecular formula is C19H18O3. The lowest BCUT2D eigenvalue weighted by atomic mass is 9.75. The summed E-state index contributed by atoms with van der Waals surface area (Å²) in [5.41, 5.74) is 0.921. The number of fused-ring (bicyclic) bond motifs is 2. The molecule has 2 bridgehead atoms. The van der Waals surface area contributed by atoms with Crippen LogP contribution in [0.3, 0.4) is 0 Å². The van der Waals surface area contributed by atoms with Crippen molar-refractivity contribution in [2.24, 2.45) is 5.92 Å². The fourth-order valence-corrected chi connectivity index (χ4v) is 3.14. The van der Waals surface area contributed by atoms with Gasteiger partial charge in [-0.15, -0.1) is 5.92 Å². The molecule has 0 fully saturated rings. The molecule has 0 saturated carbocycles. The first-order valence-electron chi connectivity index (χ1n) is 7.31. The number of rotatable bonds is 2. The van der Waals surface area contributed by atoms with E-state index in [1.807, 2.05) is 55.5 Å². The molecule has 0 N–H and O–H groups in total. The van der Waals surface area contributed by atoms with E-state index in [0.717, 1.165) is 11.1 Å². The van der Waals surface area contributed by atoms with E-state index in [4.69, 9.17) is 9.47 Å². The topological polar surface area (TPSA) is 35.5 Å². The van der Waals surface area contributed by atoms with Crippen molar-refractivity contribution in [1.82, 2.24) is 0 Å². The molecule has 2 unspecified atom stereocenters. The highest BCUT2D eigenvalue weighted by Gasteiger charge is 2.49. The van der Waals surface area contributed by atoms with Crippen molar-refractivity contribution >= 4 is 5.97 Å². The van der Waals surface area contributed by atoms with Gasteiger partial charge in [0.25, 0.3) is 0 Å². The van der Waals surface area contributed by atoms with E-state index in [-0.39, 0.29) is 11.9 Å². The van der Waals surface area contributed by atoms with E-state index in [9.17, 15) is 4.79 Å². The number of ether oxygens (including phenoxy) is 2. The van der Waals surface area contributed by atoms with Gasteiger partial charge in [-0.25, -0.2) is 0 Å². The van der Waals surface area contributed by atoms with Gasteiger partial charge in [0, 0.05) is 11.5 Å². The van der Waals surface area contributed by atoms with Crippen molar-refractivity contribution in [3.8, 4) is 11.8 Å². The van der Waals surface area contributed by atoms with Crippen LogP contribution in [0.15, 0.2) is 54.1 Å². The first kappa shape index (κ1) is 14.6. The smallest absolute Gasteiger partial charge is 0.323 e. The number of carbonyl (C=O) groups excluding carboxylic acids is 1. The summed E-state index contributed by atoms with van der Waals surface area (Å²) in [6.45, 7) is 2.35. The summed E-state index contributed by atoms with van der Waals surface area (Å²) in [6.07, 6.45) is 5.51. The van der Waals surface area contributed by atoms with Crippen molar-refractivity contribution < 1.29 is 14.3 Å². The predicted octanol–water partition coefficient (Wildman–Crippen LogP) is 2.63. The molecule has 2 heterocycles. The Morgan fingerprint density at radius 1 is 1.36 bits per heavy atom. The largest absolute Gasteiger partial charge is 0.468 e. The Balaban J connectivity index is 2.19. The Morgan fingerprint density at radius 2 is 2.14 bits per heavy atom. The second kappa shape index (κ2) is 5.82. The average molecular weight is 294 g/mol. The highest BCUT2D eigenvalue weighted by molar-refractivity contribution is 5.87. The molecule has 112 valence electrons. The Hall–Kier alpha value is -2.31. The lowest BCUT2D eigenvalue weighted by Gasteiger charge is -2.35.